The maximum atomic E-state index is 14.3. The second kappa shape index (κ2) is 12.4. The summed E-state index contributed by atoms with van der Waals surface area (Å²) in [4.78, 5) is 21.8. The Hall–Kier alpha value is -3.44. The van der Waals surface area contributed by atoms with E-state index in [0.29, 0.717) is 11.0 Å². The number of benzene rings is 2. The predicted molar refractivity (Wildman–Crippen MR) is 146 cm³/mol. The molecule has 3 atom stereocenters. The fourth-order valence-corrected chi connectivity index (χ4v) is 4.62. The smallest absolute Gasteiger partial charge is 0.271 e. The lowest BCUT2D eigenvalue weighted by Gasteiger charge is -2.28. The molecule has 0 fully saturated rings. The standard InChI is InChI=1S/C27H34FN5O4S/c1-27(2,28)14-13-19(25(29)33-38(3,36)37)16-24(34)22(15-18-9-5-4-6-10-18)32-26(35)23-17-30-20-11-7-8-12-21(20)31-23/h4-12,17,19,22,24,34H,13-16H2,1-3H3,(H2,29,33)(H,32,35). The molecule has 38 heavy (non-hydrogen) atoms. The number of aliphatic hydroxyl groups excluding tert-OH is 1. The molecule has 1 heterocycles. The van der Waals surface area contributed by atoms with Gasteiger partial charge < -0.3 is 16.2 Å². The molecule has 2 aromatic carbocycles. The number of nitrogens with zero attached hydrogens (tertiary/aromatic N) is 3. The molecule has 0 aliphatic carbocycles. The molecule has 0 aliphatic rings. The molecule has 1 amide bonds. The van der Waals surface area contributed by atoms with E-state index in [1.54, 1.807) is 18.2 Å². The molecule has 1 aromatic heterocycles. The highest BCUT2D eigenvalue weighted by atomic mass is 32.2. The van der Waals surface area contributed by atoms with Gasteiger partial charge in [0.15, 0.2) is 0 Å². The zero-order chi connectivity index (χ0) is 27.9. The monoisotopic (exact) mass is 543 g/mol. The molecule has 0 bridgehead atoms. The van der Waals surface area contributed by atoms with Crippen LogP contribution in [-0.4, -0.2) is 59.3 Å². The van der Waals surface area contributed by atoms with Crippen molar-refractivity contribution in [2.45, 2.75) is 57.3 Å². The number of nitrogens with one attached hydrogen (secondary N) is 1. The molecule has 4 N–H and O–H groups in total. The first-order valence-corrected chi connectivity index (χ1v) is 14.1. The van der Waals surface area contributed by atoms with E-state index in [2.05, 4.69) is 19.7 Å². The lowest BCUT2D eigenvalue weighted by atomic mass is 9.87. The highest BCUT2D eigenvalue weighted by molar-refractivity contribution is 7.89. The molecule has 11 heteroatoms. The van der Waals surface area contributed by atoms with Crippen LogP contribution in [0, 0.1) is 5.92 Å². The third-order valence-electron chi connectivity index (χ3n) is 6.06. The van der Waals surface area contributed by atoms with Crippen molar-refractivity contribution >= 4 is 32.8 Å². The largest absolute Gasteiger partial charge is 0.391 e. The van der Waals surface area contributed by atoms with E-state index in [1.165, 1.54) is 20.0 Å². The summed E-state index contributed by atoms with van der Waals surface area (Å²) < 4.78 is 41.3. The van der Waals surface area contributed by atoms with Gasteiger partial charge in [0.2, 0.25) is 0 Å². The molecule has 3 unspecified atom stereocenters. The lowest BCUT2D eigenvalue weighted by Crippen LogP contribution is -2.46. The van der Waals surface area contributed by atoms with Crippen molar-refractivity contribution in [1.82, 2.24) is 15.3 Å². The van der Waals surface area contributed by atoms with Crippen molar-refractivity contribution in [3.05, 3.63) is 72.1 Å². The normalized spacial score (nSPS) is 15.1. The van der Waals surface area contributed by atoms with Crippen LogP contribution in [0.2, 0.25) is 0 Å². The van der Waals surface area contributed by atoms with Crippen LogP contribution in [0.15, 0.2) is 65.2 Å². The summed E-state index contributed by atoms with van der Waals surface area (Å²) in [7, 11) is -3.80. The summed E-state index contributed by atoms with van der Waals surface area (Å²) in [5, 5.41) is 14.1. The summed E-state index contributed by atoms with van der Waals surface area (Å²) >= 11 is 0. The van der Waals surface area contributed by atoms with Crippen molar-refractivity contribution in [1.29, 1.82) is 0 Å². The van der Waals surface area contributed by atoms with Gasteiger partial charge in [0, 0.05) is 5.92 Å². The van der Waals surface area contributed by atoms with Crippen molar-refractivity contribution in [2.24, 2.45) is 16.0 Å². The van der Waals surface area contributed by atoms with Crippen LogP contribution in [-0.2, 0) is 16.4 Å². The number of aliphatic hydroxyl groups is 1. The molecule has 9 nitrogen and oxygen atoms in total. The second-order valence-corrected chi connectivity index (χ2v) is 11.7. The van der Waals surface area contributed by atoms with Crippen LogP contribution in [0.4, 0.5) is 4.39 Å². The van der Waals surface area contributed by atoms with Crippen LogP contribution in [0.1, 0.15) is 49.2 Å². The average molecular weight is 544 g/mol. The summed E-state index contributed by atoms with van der Waals surface area (Å²) in [6.45, 7) is 2.82. The average Bonchev–Trinajstić information content (AvgIpc) is 2.84. The summed E-state index contributed by atoms with van der Waals surface area (Å²) in [6.07, 6.45) is 1.59. The molecule has 3 rings (SSSR count). The summed E-state index contributed by atoms with van der Waals surface area (Å²) in [6, 6.07) is 15.6. The number of hydrogen-bond acceptors (Lipinski definition) is 6. The summed E-state index contributed by atoms with van der Waals surface area (Å²) in [5.41, 5.74) is 6.63. The Balaban J connectivity index is 1.87. The molecular formula is C27H34FN5O4S. The highest BCUT2D eigenvalue weighted by Gasteiger charge is 2.29. The number of sulfonamides is 1. The van der Waals surface area contributed by atoms with E-state index >= 15 is 0 Å². The van der Waals surface area contributed by atoms with Gasteiger partial charge in [-0.1, -0.05) is 42.5 Å². The number of hydrogen-bond donors (Lipinski definition) is 3. The fraction of sp³-hybridized carbons (Fsp3) is 0.407. The van der Waals surface area contributed by atoms with Gasteiger partial charge in [-0.3, -0.25) is 9.78 Å². The number of fused-ring (bicyclic) bond motifs is 1. The Bertz CT molecular complexity index is 1380. The number of aromatic nitrogens is 2. The molecular weight excluding hydrogens is 509 g/mol. The van der Waals surface area contributed by atoms with Gasteiger partial charge in [0.25, 0.3) is 15.9 Å². The number of carbonyl (C=O) groups excluding carboxylic acids is 1. The Labute approximate surface area is 222 Å². The van der Waals surface area contributed by atoms with Gasteiger partial charge >= 0.3 is 0 Å². The molecule has 0 saturated heterocycles. The first-order chi connectivity index (χ1) is 17.8. The zero-order valence-electron chi connectivity index (χ0n) is 21.7. The number of rotatable bonds is 12. The summed E-state index contributed by atoms with van der Waals surface area (Å²) in [5.74, 6) is -1.46. The van der Waals surface area contributed by atoms with Gasteiger partial charge in [0.05, 0.1) is 35.6 Å². The van der Waals surface area contributed by atoms with E-state index in [-0.39, 0.29) is 37.2 Å². The van der Waals surface area contributed by atoms with E-state index in [9.17, 15) is 22.7 Å². The fourth-order valence-electron chi connectivity index (χ4n) is 4.09. The van der Waals surface area contributed by atoms with E-state index in [1.807, 2.05) is 36.4 Å². The maximum Gasteiger partial charge on any atom is 0.271 e. The zero-order valence-corrected chi connectivity index (χ0v) is 22.5. The minimum absolute atomic E-state index is 0.0396. The first kappa shape index (κ1) is 29.1. The van der Waals surface area contributed by atoms with E-state index < -0.39 is 39.7 Å². The Kier molecular flexibility index (Phi) is 9.50. The Morgan fingerprint density at radius 1 is 1.13 bits per heavy atom. The molecule has 0 spiro atoms. The van der Waals surface area contributed by atoms with E-state index in [4.69, 9.17) is 5.73 Å². The number of amides is 1. The van der Waals surface area contributed by atoms with Crippen LogP contribution in [0.25, 0.3) is 11.0 Å². The van der Waals surface area contributed by atoms with Gasteiger partial charge in [-0.05, 0) is 57.2 Å². The lowest BCUT2D eigenvalue weighted by molar-refractivity contribution is 0.0775. The third kappa shape index (κ3) is 9.14. The molecule has 204 valence electrons. The Morgan fingerprint density at radius 3 is 2.39 bits per heavy atom. The molecule has 0 aliphatic heterocycles. The highest BCUT2D eigenvalue weighted by Crippen LogP contribution is 2.25. The predicted octanol–water partition coefficient (Wildman–Crippen LogP) is 3.18. The van der Waals surface area contributed by atoms with Crippen molar-refractivity contribution in [3.63, 3.8) is 0 Å². The number of halogens is 1. The van der Waals surface area contributed by atoms with Gasteiger partial charge in [0.1, 0.15) is 17.2 Å². The minimum Gasteiger partial charge on any atom is -0.391 e. The van der Waals surface area contributed by atoms with Gasteiger partial charge in [-0.2, -0.15) is 4.40 Å². The van der Waals surface area contributed by atoms with Gasteiger partial charge in [-0.15, -0.1) is 0 Å². The third-order valence-corrected chi connectivity index (χ3v) is 6.61. The quantitative estimate of drug-likeness (QED) is 0.235. The number of carbonyl (C=O) groups is 1. The van der Waals surface area contributed by atoms with E-state index in [0.717, 1.165) is 11.8 Å². The second-order valence-electron chi connectivity index (χ2n) is 10.0. The number of amidine groups is 1. The number of para-hydroxylation sites is 2. The Morgan fingerprint density at radius 2 is 1.76 bits per heavy atom. The number of alkyl halides is 1. The van der Waals surface area contributed by atoms with Crippen molar-refractivity contribution in [2.75, 3.05) is 6.26 Å². The topological polar surface area (TPSA) is 148 Å². The minimum atomic E-state index is -3.80. The van der Waals surface area contributed by atoms with Crippen molar-refractivity contribution < 1.29 is 22.7 Å². The van der Waals surface area contributed by atoms with Gasteiger partial charge in [-0.25, -0.2) is 17.8 Å². The van der Waals surface area contributed by atoms with Crippen LogP contribution < -0.4 is 11.1 Å². The maximum absolute atomic E-state index is 14.3. The molecule has 0 saturated carbocycles. The molecule has 3 aromatic rings. The molecule has 0 radical (unpaired) electrons. The van der Waals surface area contributed by atoms with Crippen LogP contribution in [0.5, 0.6) is 0 Å². The van der Waals surface area contributed by atoms with Crippen LogP contribution in [0.3, 0.4) is 0 Å². The van der Waals surface area contributed by atoms with Crippen molar-refractivity contribution in [3.8, 4) is 0 Å². The van der Waals surface area contributed by atoms with Crippen LogP contribution >= 0.6 is 0 Å². The SMILES string of the molecule is CC(C)(F)CCC(CC(O)C(Cc1ccccc1)NC(=O)c1cnc2ccccc2n1)C(N)=NS(C)(=O)=O. The number of nitrogens with two attached hydrogens (primary N) is 1. The first-order valence-electron chi connectivity index (χ1n) is 12.3.